The van der Waals surface area contributed by atoms with Crippen molar-refractivity contribution in [1.82, 2.24) is 19.4 Å². The first-order valence-electron chi connectivity index (χ1n) is 10.3. The minimum absolute atomic E-state index is 0.163. The minimum atomic E-state index is -0.197. The van der Waals surface area contributed by atoms with Crippen molar-refractivity contribution in [1.29, 1.82) is 0 Å². The van der Waals surface area contributed by atoms with Crippen LogP contribution < -0.4 is 5.32 Å². The van der Waals surface area contributed by atoms with Crippen LogP contribution in [0.2, 0.25) is 0 Å². The fourth-order valence-corrected chi connectivity index (χ4v) is 4.35. The van der Waals surface area contributed by atoms with Gasteiger partial charge in [-0.2, -0.15) is 0 Å². The van der Waals surface area contributed by atoms with E-state index in [1.54, 1.807) is 6.20 Å². The van der Waals surface area contributed by atoms with Crippen LogP contribution in [0.15, 0.2) is 85.5 Å². The Labute approximate surface area is 178 Å². The number of hydrogen-bond donors (Lipinski definition) is 1. The Hall–Kier alpha value is -4.06. The highest BCUT2D eigenvalue weighted by Gasteiger charge is 2.49. The first-order chi connectivity index (χ1) is 15.2. The second-order valence-corrected chi connectivity index (χ2v) is 7.94. The largest absolute Gasteiger partial charge is 0.322 e. The van der Waals surface area contributed by atoms with Crippen LogP contribution in [-0.2, 0) is 5.41 Å². The zero-order valence-electron chi connectivity index (χ0n) is 16.7. The van der Waals surface area contributed by atoms with Gasteiger partial charge in [0.25, 0.3) is 5.91 Å². The molecule has 6 rings (SSSR count). The maximum Gasteiger partial charge on any atom is 0.258 e. The molecule has 0 radical (unpaired) electrons. The van der Waals surface area contributed by atoms with E-state index in [0.29, 0.717) is 11.3 Å². The van der Waals surface area contributed by atoms with Crippen molar-refractivity contribution in [3.05, 3.63) is 102 Å². The quantitative estimate of drug-likeness (QED) is 0.474. The minimum Gasteiger partial charge on any atom is -0.322 e. The first kappa shape index (κ1) is 17.8. The molecule has 1 N–H and O–H groups in total. The highest BCUT2D eigenvalue weighted by Crippen LogP contribution is 2.54. The van der Waals surface area contributed by atoms with Gasteiger partial charge in [0.15, 0.2) is 0 Å². The molecule has 0 unspecified atom stereocenters. The Morgan fingerprint density at radius 1 is 0.903 bits per heavy atom. The van der Waals surface area contributed by atoms with E-state index in [0.717, 1.165) is 35.1 Å². The highest BCUT2D eigenvalue weighted by molar-refractivity contribution is 6.04. The van der Waals surface area contributed by atoms with Crippen molar-refractivity contribution in [2.45, 2.75) is 18.3 Å². The third-order valence-electron chi connectivity index (χ3n) is 6.05. The lowest BCUT2D eigenvalue weighted by Gasteiger charge is -2.17. The zero-order valence-corrected chi connectivity index (χ0v) is 16.7. The number of fused-ring (bicyclic) bond motifs is 2. The van der Waals surface area contributed by atoms with Crippen molar-refractivity contribution >= 4 is 28.3 Å². The second-order valence-electron chi connectivity index (χ2n) is 7.94. The van der Waals surface area contributed by atoms with Crippen molar-refractivity contribution < 1.29 is 4.79 Å². The number of nitrogens with zero attached hydrogens (tertiary/aromatic N) is 4. The lowest BCUT2D eigenvalue weighted by molar-refractivity contribution is 0.102. The summed E-state index contributed by atoms with van der Waals surface area (Å²) in [6, 6.07) is 19.8. The molecule has 1 aliphatic rings. The van der Waals surface area contributed by atoms with Gasteiger partial charge in [0.2, 0.25) is 5.78 Å². The van der Waals surface area contributed by atoms with Gasteiger partial charge in [-0.05, 0) is 36.6 Å². The number of aromatic nitrogens is 4. The third kappa shape index (κ3) is 2.87. The number of carbonyl (C=O) groups is 1. The second kappa shape index (κ2) is 6.74. The number of amides is 1. The van der Waals surface area contributed by atoms with E-state index in [2.05, 4.69) is 44.5 Å². The van der Waals surface area contributed by atoms with Crippen LogP contribution in [-0.4, -0.2) is 25.3 Å². The fraction of sp³-hybridized carbons (Fsp3) is 0.120. The molecule has 5 aromatic rings. The molecule has 0 aliphatic heterocycles. The SMILES string of the molecule is O=C(Nc1ccccc1)c1cnc2ncc(C3(c4cccc5cccnc45)CC3)n2c1. The monoisotopic (exact) mass is 405 g/mol. The smallest absolute Gasteiger partial charge is 0.258 e. The van der Waals surface area contributed by atoms with Crippen molar-refractivity contribution in [3.8, 4) is 0 Å². The Bertz CT molecular complexity index is 1430. The van der Waals surface area contributed by atoms with E-state index in [9.17, 15) is 4.79 Å². The summed E-state index contributed by atoms with van der Waals surface area (Å²) in [7, 11) is 0. The number of benzene rings is 2. The summed E-state index contributed by atoms with van der Waals surface area (Å²) in [5.74, 6) is 0.391. The molecule has 0 saturated heterocycles. The average molecular weight is 405 g/mol. The molecule has 1 aliphatic carbocycles. The van der Waals surface area contributed by atoms with Crippen LogP contribution in [0.1, 0.15) is 34.5 Å². The number of imidazole rings is 1. The van der Waals surface area contributed by atoms with Crippen LogP contribution in [0, 0.1) is 0 Å². The Balaban J connectivity index is 1.44. The molecule has 3 aromatic heterocycles. The van der Waals surface area contributed by atoms with Crippen LogP contribution in [0.5, 0.6) is 0 Å². The van der Waals surface area contributed by atoms with Crippen molar-refractivity contribution in [3.63, 3.8) is 0 Å². The van der Waals surface area contributed by atoms with E-state index >= 15 is 0 Å². The molecule has 0 atom stereocenters. The van der Waals surface area contributed by atoms with Crippen LogP contribution in [0.25, 0.3) is 16.7 Å². The number of anilines is 1. The molecule has 0 spiro atoms. The summed E-state index contributed by atoms with van der Waals surface area (Å²) in [6.45, 7) is 0. The summed E-state index contributed by atoms with van der Waals surface area (Å²) >= 11 is 0. The van der Waals surface area contributed by atoms with Gasteiger partial charge in [-0.1, -0.05) is 42.5 Å². The molecule has 1 saturated carbocycles. The van der Waals surface area contributed by atoms with Gasteiger partial charge in [0, 0.05) is 35.1 Å². The summed E-state index contributed by atoms with van der Waals surface area (Å²) in [4.78, 5) is 26.4. The molecular formula is C25H19N5O. The topological polar surface area (TPSA) is 72.2 Å². The van der Waals surface area contributed by atoms with Gasteiger partial charge in [-0.15, -0.1) is 0 Å². The molecule has 6 heteroatoms. The predicted octanol–water partition coefficient (Wildman–Crippen LogP) is 4.61. The van der Waals surface area contributed by atoms with Gasteiger partial charge in [0.1, 0.15) is 0 Å². The maximum atomic E-state index is 12.8. The summed E-state index contributed by atoms with van der Waals surface area (Å²) < 4.78 is 1.95. The van der Waals surface area contributed by atoms with Gasteiger partial charge < -0.3 is 5.32 Å². The molecule has 31 heavy (non-hydrogen) atoms. The van der Waals surface area contributed by atoms with Crippen molar-refractivity contribution in [2.24, 2.45) is 0 Å². The summed E-state index contributed by atoms with van der Waals surface area (Å²) in [5, 5.41) is 4.05. The van der Waals surface area contributed by atoms with Gasteiger partial charge in [0.05, 0.1) is 23.0 Å². The molecule has 1 amide bonds. The number of carbonyl (C=O) groups excluding carboxylic acids is 1. The summed E-state index contributed by atoms with van der Waals surface area (Å²) in [5.41, 5.74) is 4.34. The molecule has 3 heterocycles. The van der Waals surface area contributed by atoms with E-state index in [4.69, 9.17) is 0 Å². The highest BCUT2D eigenvalue weighted by atomic mass is 16.1. The van der Waals surface area contributed by atoms with E-state index in [1.807, 2.05) is 59.4 Å². The molecular weight excluding hydrogens is 386 g/mol. The Kier molecular flexibility index (Phi) is 3.86. The zero-order chi connectivity index (χ0) is 20.8. The Morgan fingerprint density at radius 3 is 2.55 bits per heavy atom. The van der Waals surface area contributed by atoms with Gasteiger partial charge >= 0.3 is 0 Å². The molecule has 150 valence electrons. The maximum absolute atomic E-state index is 12.8. The first-order valence-corrected chi connectivity index (χ1v) is 10.3. The molecule has 1 fully saturated rings. The number of pyridine rings is 1. The molecule has 6 nitrogen and oxygen atoms in total. The van der Waals surface area contributed by atoms with Crippen LogP contribution in [0.4, 0.5) is 5.69 Å². The number of rotatable bonds is 4. The fourth-order valence-electron chi connectivity index (χ4n) is 4.35. The number of hydrogen-bond acceptors (Lipinski definition) is 4. The Morgan fingerprint density at radius 2 is 1.71 bits per heavy atom. The van der Waals surface area contributed by atoms with E-state index < -0.39 is 0 Å². The van der Waals surface area contributed by atoms with Gasteiger partial charge in [-0.25, -0.2) is 9.97 Å². The van der Waals surface area contributed by atoms with Crippen molar-refractivity contribution in [2.75, 3.05) is 5.32 Å². The molecule has 0 bridgehead atoms. The van der Waals surface area contributed by atoms with Crippen LogP contribution >= 0.6 is 0 Å². The standard InChI is InChI=1S/C25H19N5O/c31-23(29-19-8-2-1-3-9-19)18-14-27-24-28-15-21(30(24)16-18)25(11-12-25)20-10-4-6-17-7-5-13-26-22(17)20/h1-10,13-16H,11-12H2,(H,29,31). The van der Waals surface area contributed by atoms with E-state index in [1.165, 1.54) is 5.56 Å². The van der Waals surface area contributed by atoms with E-state index in [-0.39, 0.29) is 11.3 Å². The van der Waals surface area contributed by atoms with Gasteiger partial charge in [-0.3, -0.25) is 14.2 Å². The number of para-hydroxylation sites is 2. The predicted molar refractivity (Wildman–Crippen MR) is 119 cm³/mol. The average Bonchev–Trinajstić information content (AvgIpc) is 3.51. The number of nitrogens with one attached hydrogen (secondary N) is 1. The lowest BCUT2D eigenvalue weighted by Crippen LogP contribution is -2.16. The normalized spacial score (nSPS) is 14.6. The summed E-state index contributed by atoms with van der Waals surface area (Å²) in [6.07, 6.45) is 9.15. The lowest BCUT2D eigenvalue weighted by atomic mass is 9.90. The molecule has 2 aromatic carbocycles. The van der Waals surface area contributed by atoms with Crippen LogP contribution in [0.3, 0.4) is 0 Å². The third-order valence-corrected chi connectivity index (χ3v) is 6.05.